The van der Waals surface area contributed by atoms with Crippen molar-refractivity contribution in [2.75, 3.05) is 4.31 Å². The number of carbonyl (C=O) groups excluding carboxylic acids is 1. The van der Waals surface area contributed by atoms with Crippen LogP contribution in [0.3, 0.4) is 0 Å². The number of amides is 1. The number of aryl methyl sites for hydroxylation is 2. The fourth-order valence-electron chi connectivity index (χ4n) is 3.92. The molecule has 1 heterocycles. The first kappa shape index (κ1) is 21.1. The van der Waals surface area contributed by atoms with Crippen molar-refractivity contribution >= 4 is 21.6 Å². The van der Waals surface area contributed by atoms with E-state index in [2.05, 4.69) is 5.32 Å². The van der Waals surface area contributed by atoms with Gasteiger partial charge in [0.15, 0.2) is 0 Å². The second-order valence-corrected chi connectivity index (χ2v) is 9.99. The molecule has 1 N–H and O–H groups in total. The van der Waals surface area contributed by atoms with Gasteiger partial charge in [-0.3, -0.25) is 9.10 Å². The number of rotatable bonds is 5. The average molecular weight is 435 g/mol. The zero-order valence-electron chi connectivity index (χ0n) is 17.9. The van der Waals surface area contributed by atoms with Gasteiger partial charge in [-0.25, -0.2) is 8.42 Å². The van der Waals surface area contributed by atoms with Crippen LogP contribution in [0.5, 0.6) is 0 Å². The summed E-state index contributed by atoms with van der Waals surface area (Å²) in [7, 11) is -3.67. The number of fused-ring (bicyclic) bond motifs is 1. The Morgan fingerprint density at radius 1 is 0.968 bits per heavy atom. The second kappa shape index (κ2) is 8.19. The van der Waals surface area contributed by atoms with E-state index in [1.54, 1.807) is 42.5 Å². The number of sulfonamides is 1. The Morgan fingerprint density at radius 2 is 1.58 bits per heavy atom. The monoisotopic (exact) mass is 434 g/mol. The zero-order chi connectivity index (χ0) is 22.2. The lowest BCUT2D eigenvalue weighted by Crippen LogP contribution is -2.35. The second-order valence-electron chi connectivity index (χ2n) is 8.18. The van der Waals surface area contributed by atoms with Crippen LogP contribution in [0, 0.1) is 13.8 Å². The highest BCUT2D eigenvalue weighted by molar-refractivity contribution is 7.92. The molecule has 0 saturated heterocycles. The van der Waals surface area contributed by atoms with Crippen LogP contribution >= 0.6 is 0 Å². The van der Waals surface area contributed by atoms with Crippen molar-refractivity contribution in [3.8, 4) is 0 Å². The molecule has 160 valence electrons. The molecule has 5 nitrogen and oxygen atoms in total. The van der Waals surface area contributed by atoms with Crippen LogP contribution in [0.4, 0.5) is 5.69 Å². The molecule has 0 aromatic heterocycles. The Bertz CT molecular complexity index is 1220. The van der Waals surface area contributed by atoms with Crippen molar-refractivity contribution < 1.29 is 13.2 Å². The Hall–Kier alpha value is -3.12. The predicted molar refractivity (Wildman–Crippen MR) is 123 cm³/mol. The lowest BCUT2D eigenvalue weighted by Gasteiger charge is -2.24. The molecule has 3 aromatic carbocycles. The molecule has 1 atom stereocenters. The molecule has 0 fully saturated rings. The highest BCUT2D eigenvalue weighted by Crippen LogP contribution is 2.37. The number of hydrogen-bond acceptors (Lipinski definition) is 3. The molecule has 0 spiro atoms. The fraction of sp³-hybridized carbons (Fsp3) is 0.240. The Morgan fingerprint density at radius 3 is 2.23 bits per heavy atom. The Balaban J connectivity index is 1.55. The molecule has 1 amide bonds. The molecule has 31 heavy (non-hydrogen) atoms. The van der Waals surface area contributed by atoms with Crippen molar-refractivity contribution in [1.29, 1.82) is 0 Å². The summed E-state index contributed by atoms with van der Waals surface area (Å²) in [6, 6.07) is 19.9. The minimum Gasteiger partial charge on any atom is -0.348 e. The normalized spacial score (nSPS) is 15.6. The van der Waals surface area contributed by atoms with E-state index in [4.69, 9.17) is 0 Å². The topological polar surface area (TPSA) is 66.5 Å². The molecule has 1 aliphatic heterocycles. The highest BCUT2D eigenvalue weighted by atomic mass is 32.2. The van der Waals surface area contributed by atoms with Crippen molar-refractivity contribution in [2.24, 2.45) is 0 Å². The maximum Gasteiger partial charge on any atom is 0.264 e. The van der Waals surface area contributed by atoms with Gasteiger partial charge in [0.1, 0.15) is 0 Å². The van der Waals surface area contributed by atoms with Gasteiger partial charge in [0.25, 0.3) is 15.9 Å². The molecule has 0 aliphatic carbocycles. The van der Waals surface area contributed by atoms with E-state index in [0.29, 0.717) is 24.2 Å². The van der Waals surface area contributed by atoms with Gasteiger partial charge in [-0.1, -0.05) is 47.5 Å². The summed E-state index contributed by atoms with van der Waals surface area (Å²) in [4.78, 5) is 12.9. The molecule has 0 bridgehead atoms. The SMILES string of the molecule is Cc1ccc(CNC(=O)c2ccc3c(c2)C[C@@H](C)N3S(=O)(=O)c2ccc(C)cc2)cc1. The first-order valence-electron chi connectivity index (χ1n) is 10.3. The van der Waals surface area contributed by atoms with Crippen LogP contribution in [0.2, 0.25) is 0 Å². The predicted octanol–water partition coefficient (Wildman–Crippen LogP) is 4.37. The third-order valence-electron chi connectivity index (χ3n) is 5.65. The summed E-state index contributed by atoms with van der Waals surface area (Å²) in [6.45, 7) is 6.29. The maximum atomic E-state index is 13.3. The van der Waals surface area contributed by atoms with Crippen molar-refractivity contribution in [1.82, 2.24) is 5.32 Å². The minimum absolute atomic E-state index is 0.170. The molecule has 3 aromatic rings. The molecule has 6 heteroatoms. The van der Waals surface area contributed by atoms with Crippen LogP contribution < -0.4 is 9.62 Å². The maximum absolute atomic E-state index is 13.3. The first-order valence-corrected chi connectivity index (χ1v) is 11.8. The van der Waals surface area contributed by atoms with Gasteiger partial charge in [-0.05, 0) is 68.7 Å². The molecule has 4 rings (SSSR count). The number of nitrogens with one attached hydrogen (secondary N) is 1. The number of nitrogens with zero attached hydrogens (tertiary/aromatic N) is 1. The highest BCUT2D eigenvalue weighted by Gasteiger charge is 2.36. The summed E-state index contributed by atoms with van der Waals surface area (Å²) < 4.78 is 28.0. The number of anilines is 1. The smallest absolute Gasteiger partial charge is 0.264 e. The Labute approximate surface area is 183 Å². The van der Waals surface area contributed by atoms with E-state index < -0.39 is 10.0 Å². The van der Waals surface area contributed by atoms with Gasteiger partial charge in [0.2, 0.25) is 0 Å². The average Bonchev–Trinajstić information content (AvgIpc) is 3.09. The van der Waals surface area contributed by atoms with E-state index in [0.717, 1.165) is 16.7 Å². The summed E-state index contributed by atoms with van der Waals surface area (Å²) >= 11 is 0. The standard InChI is InChI=1S/C25H26N2O3S/c1-17-4-8-20(9-5-17)16-26-25(28)21-10-13-24-22(15-21)14-19(3)27(24)31(29,30)23-11-6-18(2)7-12-23/h4-13,15,19H,14,16H2,1-3H3,(H,26,28)/t19-/m1/s1. The van der Waals surface area contributed by atoms with Crippen LogP contribution in [-0.2, 0) is 23.0 Å². The summed E-state index contributed by atoms with van der Waals surface area (Å²) in [6.07, 6.45) is 0.569. The quantitative estimate of drug-likeness (QED) is 0.648. The fourth-order valence-corrected chi connectivity index (χ4v) is 5.62. The van der Waals surface area contributed by atoms with E-state index >= 15 is 0 Å². The van der Waals surface area contributed by atoms with E-state index in [1.165, 1.54) is 9.87 Å². The Kier molecular flexibility index (Phi) is 5.58. The van der Waals surface area contributed by atoms with Gasteiger partial charge < -0.3 is 5.32 Å². The van der Waals surface area contributed by atoms with E-state index in [1.807, 2.05) is 45.0 Å². The summed E-state index contributed by atoms with van der Waals surface area (Å²) in [5.41, 5.74) is 5.26. The molecular formula is C25H26N2O3S. The summed E-state index contributed by atoms with van der Waals surface area (Å²) in [5, 5.41) is 2.94. The van der Waals surface area contributed by atoms with Crippen molar-refractivity contribution in [2.45, 2.75) is 44.7 Å². The molecule has 0 unspecified atom stereocenters. The largest absolute Gasteiger partial charge is 0.348 e. The molecule has 1 aliphatic rings. The minimum atomic E-state index is -3.67. The van der Waals surface area contributed by atoms with Crippen LogP contribution in [0.15, 0.2) is 71.6 Å². The molecule has 0 radical (unpaired) electrons. The third-order valence-corrected chi connectivity index (χ3v) is 7.59. The van der Waals surface area contributed by atoms with Crippen LogP contribution in [0.25, 0.3) is 0 Å². The van der Waals surface area contributed by atoms with E-state index in [-0.39, 0.29) is 16.8 Å². The van der Waals surface area contributed by atoms with Gasteiger partial charge in [-0.2, -0.15) is 0 Å². The van der Waals surface area contributed by atoms with Crippen molar-refractivity contribution in [3.05, 3.63) is 94.5 Å². The van der Waals surface area contributed by atoms with Crippen molar-refractivity contribution in [3.63, 3.8) is 0 Å². The first-order chi connectivity index (χ1) is 14.8. The van der Waals surface area contributed by atoms with Gasteiger partial charge in [0, 0.05) is 18.2 Å². The van der Waals surface area contributed by atoms with Crippen LogP contribution in [-0.4, -0.2) is 20.4 Å². The van der Waals surface area contributed by atoms with Gasteiger partial charge >= 0.3 is 0 Å². The van der Waals surface area contributed by atoms with Crippen LogP contribution in [0.1, 0.15) is 39.5 Å². The lowest BCUT2D eigenvalue weighted by molar-refractivity contribution is 0.0951. The van der Waals surface area contributed by atoms with Gasteiger partial charge in [-0.15, -0.1) is 0 Å². The van der Waals surface area contributed by atoms with E-state index in [9.17, 15) is 13.2 Å². The zero-order valence-corrected chi connectivity index (χ0v) is 18.7. The molecule has 0 saturated carbocycles. The number of benzene rings is 3. The third kappa shape index (κ3) is 4.21. The number of hydrogen-bond donors (Lipinski definition) is 1. The summed E-state index contributed by atoms with van der Waals surface area (Å²) in [5.74, 6) is -0.170. The molecular weight excluding hydrogens is 408 g/mol. The van der Waals surface area contributed by atoms with Gasteiger partial charge in [0.05, 0.1) is 10.6 Å². The lowest BCUT2D eigenvalue weighted by atomic mass is 10.1. The number of carbonyl (C=O) groups is 1.